The van der Waals surface area contributed by atoms with Gasteiger partial charge in [0.2, 0.25) is 17.7 Å². The van der Waals surface area contributed by atoms with Gasteiger partial charge < -0.3 is 20.3 Å². The average Bonchev–Trinajstić information content (AvgIpc) is 3.38. The Bertz CT molecular complexity index is 1090. The van der Waals surface area contributed by atoms with Crippen LogP contribution >= 0.6 is 11.3 Å². The highest BCUT2D eigenvalue weighted by Gasteiger charge is 2.31. The number of hydrogen-bond acceptors (Lipinski definition) is 6. The molecule has 0 aliphatic rings. The molecule has 2 aromatic carbocycles. The molecule has 1 heterocycles. The zero-order chi connectivity index (χ0) is 25.0. The standard InChI is InChI=1S/C25H27FN4O4S/c1-34-15-14-30(22(32)12-11-21(31)29-25-27-13-16-35-25)23(19-7-9-20(26)10-8-19)24(33)28-17-18-5-3-2-4-6-18/h2-10,13,16,23H,11-12,14-15,17H2,1H3,(H,28,33)(H,27,29,31)/t23-/m0/s1. The molecule has 3 rings (SSSR count). The van der Waals surface area contributed by atoms with Crippen LogP contribution in [0.2, 0.25) is 0 Å². The Morgan fingerprint density at radius 1 is 1.09 bits per heavy atom. The molecule has 2 N–H and O–H groups in total. The highest BCUT2D eigenvalue weighted by molar-refractivity contribution is 7.13. The highest BCUT2D eigenvalue weighted by atomic mass is 32.1. The molecule has 3 amide bonds. The number of anilines is 1. The van der Waals surface area contributed by atoms with E-state index in [1.165, 1.54) is 47.6 Å². The average molecular weight is 499 g/mol. The zero-order valence-electron chi connectivity index (χ0n) is 19.3. The number of carbonyl (C=O) groups excluding carboxylic acids is 3. The van der Waals surface area contributed by atoms with Gasteiger partial charge in [-0.15, -0.1) is 11.3 Å². The number of aromatic nitrogens is 1. The molecule has 0 aliphatic heterocycles. The predicted molar refractivity (Wildman–Crippen MR) is 131 cm³/mol. The third kappa shape index (κ3) is 7.97. The number of thiazole rings is 1. The van der Waals surface area contributed by atoms with Crippen molar-refractivity contribution in [3.8, 4) is 0 Å². The Balaban J connectivity index is 1.77. The Labute approximate surface area is 207 Å². The quantitative estimate of drug-likeness (QED) is 0.398. The molecular weight excluding hydrogens is 471 g/mol. The SMILES string of the molecule is COCCN(C(=O)CCC(=O)Nc1nccs1)[C@H](C(=O)NCc1ccccc1)c1ccc(F)cc1. The van der Waals surface area contributed by atoms with Crippen molar-refractivity contribution in [2.45, 2.75) is 25.4 Å². The number of hydrogen-bond donors (Lipinski definition) is 2. The summed E-state index contributed by atoms with van der Waals surface area (Å²) in [5, 5.41) is 7.68. The van der Waals surface area contributed by atoms with Gasteiger partial charge in [-0.1, -0.05) is 42.5 Å². The van der Waals surface area contributed by atoms with Crippen LogP contribution in [0.25, 0.3) is 0 Å². The first-order chi connectivity index (χ1) is 17.0. The van der Waals surface area contributed by atoms with E-state index in [1.54, 1.807) is 11.6 Å². The molecule has 0 unspecified atom stereocenters. The monoisotopic (exact) mass is 498 g/mol. The van der Waals surface area contributed by atoms with E-state index in [9.17, 15) is 18.8 Å². The van der Waals surface area contributed by atoms with E-state index in [0.29, 0.717) is 10.7 Å². The largest absolute Gasteiger partial charge is 0.383 e. The Kier molecular flexibility index (Phi) is 9.88. The van der Waals surface area contributed by atoms with Crippen LogP contribution in [-0.4, -0.2) is 47.9 Å². The van der Waals surface area contributed by atoms with Gasteiger partial charge in [-0.05, 0) is 23.3 Å². The minimum absolute atomic E-state index is 0.0797. The number of benzene rings is 2. The fourth-order valence-electron chi connectivity index (χ4n) is 3.42. The van der Waals surface area contributed by atoms with Crippen molar-refractivity contribution >= 4 is 34.2 Å². The normalized spacial score (nSPS) is 11.5. The van der Waals surface area contributed by atoms with Gasteiger partial charge in [-0.3, -0.25) is 14.4 Å². The van der Waals surface area contributed by atoms with Crippen molar-refractivity contribution in [1.29, 1.82) is 0 Å². The summed E-state index contributed by atoms with van der Waals surface area (Å²) in [6, 6.07) is 13.8. The Morgan fingerprint density at radius 3 is 2.49 bits per heavy atom. The highest BCUT2D eigenvalue weighted by Crippen LogP contribution is 2.23. The summed E-state index contributed by atoms with van der Waals surface area (Å²) in [5.74, 6) is -1.63. The summed E-state index contributed by atoms with van der Waals surface area (Å²) in [5.41, 5.74) is 1.35. The summed E-state index contributed by atoms with van der Waals surface area (Å²) < 4.78 is 18.8. The third-order valence-electron chi connectivity index (χ3n) is 5.16. The molecule has 0 fully saturated rings. The number of ether oxygens (including phenoxy) is 1. The van der Waals surface area contributed by atoms with E-state index in [0.717, 1.165) is 5.56 Å². The maximum absolute atomic E-state index is 13.6. The van der Waals surface area contributed by atoms with Gasteiger partial charge in [0.15, 0.2) is 5.13 Å². The molecule has 0 bridgehead atoms. The second-order valence-electron chi connectivity index (χ2n) is 7.62. The molecular formula is C25H27FN4O4S. The summed E-state index contributed by atoms with van der Waals surface area (Å²) in [6.07, 6.45) is 1.37. The molecule has 1 atom stereocenters. The first-order valence-corrected chi connectivity index (χ1v) is 11.9. The van der Waals surface area contributed by atoms with Crippen LogP contribution in [0, 0.1) is 5.82 Å². The summed E-state index contributed by atoms with van der Waals surface area (Å²) in [7, 11) is 1.49. The van der Waals surface area contributed by atoms with Gasteiger partial charge in [-0.25, -0.2) is 9.37 Å². The Hall–Kier alpha value is -3.63. The van der Waals surface area contributed by atoms with E-state index >= 15 is 0 Å². The van der Waals surface area contributed by atoms with Gasteiger partial charge in [0, 0.05) is 44.6 Å². The van der Waals surface area contributed by atoms with Crippen molar-refractivity contribution in [1.82, 2.24) is 15.2 Å². The summed E-state index contributed by atoms with van der Waals surface area (Å²) in [4.78, 5) is 44.2. The lowest BCUT2D eigenvalue weighted by Gasteiger charge is -2.31. The molecule has 35 heavy (non-hydrogen) atoms. The maximum atomic E-state index is 13.6. The maximum Gasteiger partial charge on any atom is 0.247 e. The van der Waals surface area contributed by atoms with E-state index in [4.69, 9.17) is 4.74 Å². The number of amides is 3. The first-order valence-electron chi connectivity index (χ1n) is 11.0. The second kappa shape index (κ2) is 13.3. The van der Waals surface area contributed by atoms with Crippen LogP contribution in [0.4, 0.5) is 9.52 Å². The predicted octanol–water partition coefficient (Wildman–Crippen LogP) is 3.53. The number of rotatable bonds is 12. The number of carbonyl (C=O) groups is 3. The zero-order valence-corrected chi connectivity index (χ0v) is 20.1. The number of nitrogens with zero attached hydrogens (tertiary/aromatic N) is 2. The van der Waals surface area contributed by atoms with Crippen LogP contribution in [0.3, 0.4) is 0 Å². The fourth-order valence-corrected chi connectivity index (χ4v) is 3.96. The Morgan fingerprint density at radius 2 is 1.83 bits per heavy atom. The lowest BCUT2D eigenvalue weighted by molar-refractivity contribution is -0.142. The van der Waals surface area contributed by atoms with Gasteiger partial charge >= 0.3 is 0 Å². The van der Waals surface area contributed by atoms with Crippen molar-refractivity contribution < 1.29 is 23.5 Å². The molecule has 3 aromatic rings. The lowest BCUT2D eigenvalue weighted by Crippen LogP contribution is -2.45. The molecule has 184 valence electrons. The molecule has 0 aliphatic carbocycles. The van der Waals surface area contributed by atoms with Crippen molar-refractivity contribution in [3.05, 3.63) is 83.1 Å². The molecule has 0 saturated heterocycles. The molecule has 1 aromatic heterocycles. The first kappa shape index (κ1) is 26.0. The topological polar surface area (TPSA) is 101 Å². The molecule has 0 spiro atoms. The van der Waals surface area contributed by atoms with Crippen molar-refractivity contribution in [3.63, 3.8) is 0 Å². The van der Waals surface area contributed by atoms with Crippen molar-refractivity contribution in [2.24, 2.45) is 0 Å². The van der Waals surface area contributed by atoms with Gasteiger partial charge in [0.1, 0.15) is 11.9 Å². The van der Waals surface area contributed by atoms with E-state index < -0.39 is 23.7 Å². The van der Waals surface area contributed by atoms with Crippen LogP contribution in [-0.2, 0) is 25.7 Å². The van der Waals surface area contributed by atoms with Crippen LogP contribution < -0.4 is 10.6 Å². The minimum Gasteiger partial charge on any atom is -0.383 e. The molecule has 10 heteroatoms. The third-order valence-corrected chi connectivity index (χ3v) is 5.85. The van der Waals surface area contributed by atoms with E-state index in [2.05, 4.69) is 15.6 Å². The van der Waals surface area contributed by atoms with Crippen LogP contribution in [0.5, 0.6) is 0 Å². The second-order valence-corrected chi connectivity index (χ2v) is 8.52. The van der Waals surface area contributed by atoms with Crippen molar-refractivity contribution in [2.75, 3.05) is 25.6 Å². The molecule has 8 nitrogen and oxygen atoms in total. The fraction of sp³-hybridized carbons (Fsp3) is 0.280. The summed E-state index contributed by atoms with van der Waals surface area (Å²) >= 11 is 1.28. The number of methoxy groups -OCH3 is 1. The number of halogens is 1. The van der Waals surface area contributed by atoms with E-state index in [-0.39, 0.29) is 38.4 Å². The summed E-state index contributed by atoms with van der Waals surface area (Å²) in [6.45, 7) is 0.560. The molecule has 0 saturated carbocycles. The van der Waals surface area contributed by atoms with Gasteiger partial charge in [0.05, 0.1) is 6.61 Å². The van der Waals surface area contributed by atoms with Gasteiger partial charge in [0.25, 0.3) is 0 Å². The van der Waals surface area contributed by atoms with Crippen LogP contribution in [0.1, 0.15) is 30.0 Å². The number of nitrogens with one attached hydrogen (secondary N) is 2. The van der Waals surface area contributed by atoms with Gasteiger partial charge in [-0.2, -0.15) is 0 Å². The van der Waals surface area contributed by atoms with E-state index in [1.807, 2.05) is 30.3 Å². The molecule has 0 radical (unpaired) electrons. The smallest absolute Gasteiger partial charge is 0.247 e. The van der Waals surface area contributed by atoms with Crippen LogP contribution in [0.15, 0.2) is 66.2 Å². The lowest BCUT2D eigenvalue weighted by atomic mass is 10.0. The minimum atomic E-state index is -1.02.